The molecule has 0 bridgehead atoms. The Labute approximate surface area is 108 Å². The molecule has 0 saturated heterocycles. The predicted molar refractivity (Wildman–Crippen MR) is 71.9 cm³/mol. The van der Waals surface area contributed by atoms with Gasteiger partial charge in [0.25, 0.3) is 0 Å². The minimum Gasteiger partial charge on any atom is -0.396 e. The zero-order valence-corrected chi connectivity index (χ0v) is 11.2. The summed E-state index contributed by atoms with van der Waals surface area (Å²) in [5, 5.41) is 15.4. The van der Waals surface area contributed by atoms with Gasteiger partial charge in [-0.15, -0.1) is 0 Å². The maximum Gasteiger partial charge on any atom is 0.132 e. The van der Waals surface area contributed by atoms with Crippen molar-refractivity contribution in [1.29, 1.82) is 0 Å². The first-order valence-electron chi connectivity index (χ1n) is 6.15. The van der Waals surface area contributed by atoms with Gasteiger partial charge in [0, 0.05) is 26.3 Å². The SMILES string of the molecule is CCNc1cc(NC(CCO)COC)nc(C)n1. The van der Waals surface area contributed by atoms with E-state index < -0.39 is 0 Å². The Bertz CT molecular complexity index is 354. The lowest BCUT2D eigenvalue weighted by molar-refractivity contribution is 0.170. The summed E-state index contributed by atoms with van der Waals surface area (Å²) >= 11 is 0. The topological polar surface area (TPSA) is 79.3 Å². The largest absolute Gasteiger partial charge is 0.396 e. The number of aliphatic hydroxyl groups excluding tert-OH is 1. The highest BCUT2D eigenvalue weighted by molar-refractivity contribution is 5.47. The Morgan fingerprint density at radius 3 is 2.72 bits per heavy atom. The van der Waals surface area contributed by atoms with E-state index in [-0.39, 0.29) is 12.6 Å². The molecule has 1 rings (SSSR count). The number of nitrogens with zero attached hydrogens (tertiary/aromatic N) is 2. The van der Waals surface area contributed by atoms with Crippen LogP contribution in [0.1, 0.15) is 19.2 Å². The summed E-state index contributed by atoms with van der Waals surface area (Å²) in [6.45, 7) is 5.33. The first-order valence-corrected chi connectivity index (χ1v) is 6.15. The third-order valence-electron chi connectivity index (χ3n) is 2.39. The summed E-state index contributed by atoms with van der Waals surface area (Å²) in [6, 6.07) is 1.90. The van der Waals surface area contributed by atoms with E-state index in [0.29, 0.717) is 18.9 Å². The van der Waals surface area contributed by atoms with Crippen LogP contribution >= 0.6 is 0 Å². The molecular weight excluding hydrogens is 232 g/mol. The Morgan fingerprint density at radius 2 is 2.11 bits per heavy atom. The van der Waals surface area contributed by atoms with Crippen molar-refractivity contribution in [1.82, 2.24) is 9.97 Å². The predicted octanol–water partition coefficient (Wildman–Crippen LogP) is 1.03. The molecule has 0 radical (unpaired) electrons. The van der Waals surface area contributed by atoms with E-state index >= 15 is 0 Å². The van der Waals surface area contributed by atoms with Crippen molar-refractivity contribution < 1.29 is 9.84 Å². The van der Waals surface area contributed by atoms with Crippen molar-refractivity contribution in [3.63, 3.8) is 0 Å². The Hall–Kier alpha value is -1.40. The van der Waals surface area contributed by atoms with Crippen LogP contribution in [0.4, 0.5) is 11.6 Å². The minimum atomic E-state index is 0.0452. The van der Waals surface area contributed by atoms with Crippen LogP contribution in [-0.2, 0) is 4.74 Å². The van der Waals surface area contributed by atoms with E-state index in [1.165, 1.54) is 0 Å². The molecule has 6 heteroatoms. The maximum atomic E-state index is 8.99. The monoisotopic (exact) mass is 254 g/mol. The molecule has 1 aromatic rings. The van der Waals surface area contributed by atoms with Crippen molar-refractivity contribution in [3.05, 3.63) is 11.9 Å². The van der Waals surface area contributed by atoms with Crippen LogP contribution in [0.15, 0.2) is 6.07 Å². The number of aliphatic hydroxyl groups is 1. The van der Waals surface area contributed by atoms with Crippen LogP contribution in [0.2, 0.25) is 0 Å². The Balaban J connectivity index is 2.74. The van der Waals surface area contributed by atoms with Crippen LogP contribution in [0, 0.1) is 6.92 Å². The number of nitrogens with one attached hydrogen (secondary N) is 2. The van der Waals surface area contributed by atoms with Gasteiger partial charge in [-0.1, -0.05) is 0 Å². The standard InChI is InChI=1S/C12H22N4O2/c1-4-13-11-7-12(15-9(2)14-11)16-10(5-6-17)8-18-3/h7,10,17H,4-6,8H2,1-3H3,(H2,13,14,15,16). The van der Waals surface area contributed by atoms with Gasteiger partial charge in [-0.2, -0.15) is 0 Å². The van der Waals surface area contributed by atoms with Crippen molar-refractivity contribution in [3.8, 4) is 0 Å². The molecule has 0 saturated carbocycles. The van der Waals surface area contributed by atoms with E-state index in [2.05, 4.69) is 20.6 Å². The second kappa shape index (κ2) is 7.84. The summed E-state index contributed by atoms with van der Waals surface area (Å²) in [4.78, 5) is 8.60. The molecule has 1 heterocycles. The number of hydrogen-bond donors (Lipinski definition) is 3. The number of anilines is 2. The molecule has 6 nitrogen and oxygen atoms in total. The summed E-state index contributed by atoms with van der Waals surface area (Å²) in [7, 11) is 1.64. The molecule has 0 amide bonds. The van der Waals surface area contributed by atoms with Gasteiger partial charge in [0.2, 0.25) is 0 Å². The number of aromatic nitrogens is 2. The molecule has 1 atom stereocenters. The molecule has 0 spiro atoms. The second-order valence-electron chi connectivity index (χ2n) is 4.02. The average Bonchev–Trinajstić information content (AvgIpc) is 2.29. The lowest BCUT2D eigenvalue weighted by Gasteiger charge is -2.18. The van der Waals surface area contributed by atoms with Crippen LogP contribution in [0.3, 0.4) is 0 Å². The quantitative estimate of drug-likeness (QED) is 0.643. The van der Waals surface area contributed by atoms with Crippen LogP contribution < -0.4 is 10.6 Å². The minimum absolute atomic E-state index is 0.0452. The van der Waals surface area contributed by atoms with Crippen LogP contribution in [0.25, 0.3) is 0 Å². The zero-order valence-electron chi connectivity index (χ0n) is 11.2. The summed E-state index contributed by atoms with van der Waals surface area (Å²) in [6.07, 6.45) is 0.618. The number of ether oxygens (including phenoxy) is 1. The van der Waals surface area contributed by atoms with Crippen molar-refractivity contribution in [2.24, 2.45) is 0 Å². The van der Waals surface area contributed by atoms with Crippen molar-refractivity contribution in [2.75, 3.05) is 37.5 Å². The smallest absolute Gasteiger partial charge is 0.132 e. The highest BCUT2D eigenvalue weighted by Gasteiger charge is 2.09. The molecule has 0 aromatic carbocycles. The van der Waals surface area contributed by atoms with Crippen molar-refractivity contribution in [2.45, 2.75) is 26.3 Å². The maximum absolute atomic E-state index is 8.99. The third kappa shape index (κ3) is 4.85. The van der Waals surface area contributed by atoms with Gasteiger partial charge in [-0.25, -0.2) is 9.97 Å². The number of aryl methyl sites for hydroxylation is 1. The van der Waals surface area contributed by atoms with Crippen LogP contribution in [-0.4, -0.2) is 48.0 Å². The first-order chi connectivity index (χ1) is 8.69. The normalized spacial score (nSPS) is 12.2. The van der Waals surface area contributed by atoms with Gasteiger partial charge in [0.05, 0.1) is 12.6 Å². The molecule has 0 aliphatic carbocycles. The molecular formula is C12H22N4O2. The Kier molecular flexibility index (Phi) is 6.38. The molecule has 1 aromatic heterocycles. The molecule has 0 fully saturated rings. The van der Waals surface area contributed by atoms with Gasteiger partial charge in [-0.05, 0) is 20.3 Å². The first kappa shape index (κ1) is 14.7. The van der Waals surface area contributed by atoms with E-state index in [9.17, 15) is 0 Å². The summed E-state index contributed by atoms with van der Waals surface area (Å²) in [5.41, 5.74) is 0. The van der Waals surface area contributed by atoms with Gasteiger partial charge in [0.1, 0.15) is 17.5 Å². The van der Waals surface area contributed by atoms with Gasteiger partial charge in [-0.3, -0.25) is 0 Å². The average molecular weight is 254 g/mol. The van der Waals surface area contributed by atoms with Gasteiger partial charge in [0.15, 0.2) is 0 Å². The molecule has 18 heavy (non-hydrogen) atoms. The number of hydrogen-bond acceptors (Lipinski definition) is 6. The van der Waals surface area contributed by atoms with E-state index in [4.69, 9.17) is 9.84 Å². The van der Waals surface area contributed by atoms with E-state index in [0.717, 1.165) is 18.2 Å². The van der Waals surface area contributed by atoms with Gasteiger partial charge >= 0.3 is 0 Å². The lowest BCUT2D eigenvalue weighted by Crippen LogP contribution is -2.26. The van der Waals surface area contributed by atoms with E-state index in [1.807, 2.05) is 19.9 Å². The fraction of sp³-hybridized carbons (Fsp3) is 0.667. The molecule has 1 unspecified atom stereocenters. The summed E-state index contributed by atoms with van der Waals surface area (Å²) in [5.74, 6) is 2.25. The molecule has 3 N–H and O–H groups in total. The van der Waals surface area contributed by atoms with Crippen molar-refractivity contribution >= 4 is 11.6 Å². The molecule has 0 aliphatic heterocycles. The van der Waals surface area contributed by atoms with Crippen LogP contribution in [0.5, 0.6) is 0 Å². The molecule has 102 valence electrons. The lowest BCUT2D eigenvalue weighted by atomic mass is 10.2. The van der Waals surface area contributed by atoms with Gasteiger partial charge < -0.3 is 20.5 Å². The number of methoxy groups -OCH3 is 1. The number of rotatable bonds is 8. The fourth-order valence-corrected chi connectivity index (χ4v) is 1.68. The Morgan fingerprint density at radius 1 is 1.39 bits per heavy atom. The zero-order chi connectivity index (χ0) is 13.4. The summed E-state index contributed by atoms with van der Waals surface area (Å²) < 4.78 is 5.10. The highest BCUT2D eigenvalue weighted by atomic mass is 16.5. The second-order valence-corrected chi connectivity index (χ2v) is 4.02. The molecule has 0 aliphatic rings. The third-order valence-corrected chi connectivity index (χ3v) is 2.39. The highest BCUT2D eigenvalue weighted by Crippen LogP contribution is 2.13. The fourth-order valence-electron chi connectivity index (χ4n) is 1.68. The van der Waals surface area contributed by atoms with E-state index in [1.54, 1.807) is 7.11 Å².